The molecule has 0 unspecified atom stereocenters. The second-order valence-electron chi connectivity index (χ2n) is 5.63. The first kappa shape index (κ1) is 19.1. The zero-order chi connectivity index (χ0) is 18.4. The lowest BCUT2D eigenvalue weighted by atomic mass is 10.2. The Morgan fingerprint density at radius 2 is 1.96 bits per heavy atom. The Labute approximate surface area is 150 Å². The molecule has 0 fully saturated rings. The van der Waals surface area contributed by atoms with Crippen LogP contribution in [-0.2, 0) is 11.3 Å². The number of carbonyl (C=O) groups is 1. The van der Waals surface area contributed by atoms with E-state index in [9.17, 15) is 13.6 Å². The number of nitrogens with one attached hydrogen (secondary N) is 1. The second-order valence-corrected chi connectivity index (χ2v) is 6.07. The number of ether oxygens (including phenoxy) is 1. The molecule has 0 saturated heterocycles. The first-order valence-electron chi connectivity index (χ1n) is 7.65. The lowest BCUT2D eigenvalue weighted by molar-refractivity contribution is -0.116. The Morgan fingerprint density at radius 1 is 1.20 bits per heavy atom. The van der Waals surface area contributed by atoms with Crippen LogP contribution in [-0.4, -0.2) is 31.5 Å². The van der Waals surface area contributed by atoms with Crippen molar-refractivity contribution in [3.8, 4) is 5.75 Å². The summed E-state index contributed by atoms with van der Waals surface area (Å²) in [4.78, 5) is 13.8. The van der Waals surface area contributed by atoms with Crippen LogP contribution >= 0.6 is 11.6 Å². The van der Waals surface area contributed by atoms with E-state index in [4.69, 9.17) is 16.3 Å². The predicted octanol–water partition coefficient (Wildman–Crippen LogP) is 4.09. The number of hydrogen-bond acceptors (Lipinski definition) is 3. The van der Waals surface area contributed by atoms with Gasteiger partial charge in [0.15, 0.2) is 11.6 Å². The molecule has 4 nitrogen and oxygen atoms in total. The van der Waals surface area contributed by atoms with Crippen LogP contribution in [0.2, 0.25) is 5.02 Å². The number of nitrogens with zero attached hydrogens (tertiary/aromatic N) is 1. The first-order valence-corrected chi connectivity index (χ1v) is 8.02. The van der Waals surface area contributed by atoms with Crippen LogP contribution in [0, 0.1) is 11.6 Å². The average Bonchev–Trinajstić information content (AvgIpc) is 2.56. The number of carbonyl (C=O) groups excluding carboxylic acids is 1. The van der Waals surface area contributed by atoms with Crippen molar-refractivity contribution in [2.45, 2.75) is 13.0 Å². The molecule has 0 heterocycles. The van der Waals surface area contributed by atoms with Gasteiger partial charge in [-0.2, -0.15) is 0 Å². The number of halogens is 3. The summed E-state index contributed by atoms with van der Waals surface area (Å²) < 4.78 is 32.2. The van der Waals surface area contributed by atoms with E-state index in [1.54, 1.807) is 12.1 Å². The van der Waals surface area contributed by atoms with E-state index in [2.05, 4.69) is 5.32 Å². The van der Waals surface area contributed by atoms with Crippen LogP contribution in [0.25, 0.3) is 0 Å². The van der Waals surface area contributed by atoms with Gasteiger partial charge in [0.2, 0.25) is 5.91 Å². The van der Waals surface area contributed by atoms with E-state index in [1.807, 2.05) is 11.9 Å². The summed E-state index contributed by atoms with van der Waals surface area (Å²) in [6, 6.07) is 8.79. The van der Waals surface area contributed by atoms with E-state index in [-0.39, 0.29) is 28.8 Å². The number of hydrogen-bond donors (Lipinski definition) is 1. The molecule has 2 aromatic rings. The highest BCUT2D eigenvalue weighted by Crippen LogP contribution is 2.20. The molecule has 134 valence electrons. The molecule has 0 aliphatic rings. The van der Waals surface area contributed by atoms with Gasteiger partial charge in [-0.15, -0.1) is 0 Å². The van der Waals surface area contributed by atoms with Gasteiger partial charge in [-0.3, -0.25) is 4.79 Å². The molecule has 0 aliphatic heterocycles. The molecule has 1 N–H and O–H groups in total. The monoisotopic (exact) mass is 368 g/mol. The molecule has 2 aromatic carbocycles. The van der Waals surface area contributed by atoms with Crippen molar-refractivity contribution in [3.05, 3.63) is 58.6 Å². The molecule has 0 bridgehead atoms. The predicted molar refractivity (Wildman–Crippen MR) is 93.9 cm³/mol. The zero-order valence-corrected chi connectivity index (χ0v) is 14.7. The largest absolute Gasteiger partial charge is 0.494 e. The molecule has 2 rings (SSSR count). The van der Waals surface area contributed by atoms with Crippen molar-refractivity contribution < 1.29 is 18.3 Å². The molecule has 0 atom stereocenters. The highest BCUT2D eigenvalue weighted by Gasteiger charge is 2.10. The van der Waals surface area contributed by atoms with Crippen molar-refractivity contribution in [2.75, 3.05) is 26.0 Å². The molecule has 0 spiro atoms. The average molecular weight is 369 g/mol. The smallest absolute Gasteiger partial charge is 0.225 e. The molecule has 7 heteroatoms. The third kappa shape index (κ3) is 5.69. The lowest BCUT2D eigenvalue weighted by Gasteiger charge is -2.17. The van der Waals surface area contributed by atoms with Gasteiger partial charge < -0.3 is 15.0 Å². The summed E-state index contributed by atoms with van der Waals surface area (Å²) in [5.41, 5.74) is 0.860. The minimum atomic E-state index is -0.581. The summed E-state index contributed by atoms with van der Waals surface area (Å²) in [5, 5.41) is 2.77. The van der Waals surface area contributed by atoms with Crippen molar-refractivity contribution in [2.24, 2.45) is 0 Å². The fourth-order valence-corrected chi connectivity index (χ4v) is 2.45. The summed E-state index contributed by atoms with van der Waals surface area (Å²) in [6.45, 7) is 0.915. The SMILES string of the molecule is COc1ccc(CN(C)CCC(=O)Nc2ccc(Cl)cc2F)cc1F. The van der Waals surface area contributed by atoms with E-state index in [0.29, 0.717) is 13.1 Å². The Morgan fingerprint density at radius 3 is 2.60 bits per heavy atom. The fourth-order valence-electron chi connectivity index (χ4n) is 2.29. The Hall–Kier alpha value is -2.18. The molecule has 0 aromatic heterocycles. The standard InChI is InChI=1S/C18H19ClF2N2O2/c1-23(11-12-3-6-17(25-2)15(21)9-12)8-7-18(24)22-16-5-4-13(19)10-14(16)20/h3-6,9-10H,7-8,11H2,1-2H3,(H,22,24). The quantitative estimate of drug-likeness (QED) is 0.800. The van der Waals surface area contributed by atoms with Crippen LogP contribution in [0.4, 0.5) is 14.5 Å². The number of methoxy groups -OCH3 is 1. The maximum absolute atomic E-state index is 13.7. The highest BCUT2D eigenvalue weighted by atomic mass is 35.5. The third-order valence-electron chi connectivity index (χ3n) is 3.59. The molecule has 0 saturated carbocycles. The van der Waals surface area contributed by atoms with Gasteiger partial charge in [0, 0.05) is 24.5 Å². The Kier molecular flexibility index (Phi) is 6.73. The van der Waals surface area contributed by atoms with Crippen LogP contribution in [0.15, 0.2) is 36.4 Å². The number of amides is 1. The van der Waals surface area contributed by atoms with Crippen molar-refractivity contribution in [1.29, 1.82) is 0 Å². The van der Waals surface area contributed by atoms with E-state index in [0.717, 1.165) is 11.6 Å². The number of rotatable bonds is 7. The molecular weight excluding hydrogens is 350 g/mol. The van der Waals surface area contributed by atoms with Crippen molar-refractivity contribution in [3.63, 3.8) is 0 Å². The second kappa shape index (κ2) is 8.78. The normalized spacial score (nSPS) is 10.8. The lowest BCUT2D eigenvalue weighted by Crippen LogP contribution is -2.24. The topological polar surface area (TPSA) is 41.6 Å². The van der Waals surface area contributed by atoms with E-state index >= 15 is 0 Å². The van der Waals surface area contributed by atoms with Crippen LogP contribution in [0.3, 0.4) is 0 Å². The maximum Gasteiger partial charge on any atom is 0.225 e. The Balaban J connectivity index is 1.83. The summed E-state index contributed by atoms with van der Waals surface area (Å²) in [7, 11) is 3.23. The van der Waals surface area contributed by atoms with Gasteiger partial charge in [0.05, 0.1) is 12.8 Å². The molecule has 25 heavy (non-hydrogen) atoms. The van der Waals surface area contributed by atoms with Gasteiger partial charge in [0.25, 0.3) is 0 Å². The maximum atomic E-state index is 13.7. The van der Waals surface area contributed by atoms with Crippen LogP contribution in [0.1, 0.15) is 12.0 Å². The number of benzene rings is 2. The van der Waals surface area contributed by atoms with Gasteiger partial charge in [0.1, 0.15) is 5.82 Å². The van der Waals surface area contributed by atoms with Crippen molar-refractivity contribution >= 4 is 23.2 Å². The fraction of sp³-hybridized carbons (Fsp3) is 0.278. The van der Waals surface area contributed by atoms with Crippen LogP contribution in [0.5, 0.6) is 5.75 Å². The molecule has 0 aliphatic carbocycles. The van der Waals surface area contributed by atoms with Gasteiger partial charge >= 0.3 is 0 Å². The summed E-state index contributed by atoms with van der Waals surface area (Å²) in [5.74, 6) is -1.13. The van der Waals surface area contributed by atoms with Gasteiger partial charge in [-0.1, -0.05) is 17.7 Å². The Bertz CT molecular complexity index is 756. The molecule has 0 radical (unpaired) electrons. The minimum absolute atomic E-state index is 0.0919. The van der Waals surface area contributed by atoms with Crippen LogP contribution < -0.4 is 10.1 Å². The van der Waals surface area contributed by atoms with Gasteiger partial charge in [-0.25, -0.2) is 8.78 Å². The molecule has 1 amide bonds. The van der Waals surface area contributed by atoms with E-state index < -0.39 is 11.6 Å². The van der Waals surface area contributed by atoms with Gasteiger partial charge in [-0.05, 0) is 42.9 Å². The zero-order valence-electron chi connectivity index (χ0n) is 14.0. The highest BCUT2D eigenvalue weighted by molar-refractivity contribution is 6.30. The van der Waals surface area contributed by atoms with Crippen molar-refractivity contribution in [1.82, 2.24) is 4.90 Å². The third-order valence-corrected chi connectivity index (χ3v) is 3.83. The number of anilines is 1. The van der Waals surface area contributed by atoms with E-state index in [1.165, 1.54) is 25.3 Å². The minimum Gasteiger partial charge on any atom is -0.494 e. The molecular formula is C18H19ClF2N2O2. The first-order chi connectivity index (χ1) is 11.9. The summed E-state index contributed by atoms with van der Waals surface area (Å²) in [6.07, 6.45) is 0.178. The summed E-state index contributed by atoms with van der Waals surface area (Å²) >= 11 is 5.67.